The fraction of sp³-hybridized carbons (Fsp3) is 0.943. The molecule has 0 aromatic rings. The minimum Gasteiger partial charge on any atom is -0.465 e. The van der Waals surface area contributed by atoms with Gasteiger partial charge in [-0.1, -0.05) is 156 Å². The van der Waals surface area contributed by atoms with E-state index in [0.29, 0.717) is 45.8 Å². The zero-order valence-electron chi connectivity index (χ0n) is 42.1. The largest absolute Gasteiger partial charge is 0.465 e. The predicted octanol–water partition coefficient (Wildman–Crippen LogP) is 13.1. The molecule has 0 aromatic carbocycles. The van der Waals surface area contributed by atoms with E-state index in [9.17, 15) is 14.4 Å². The summed E-state index contributed by atoms with van der Waals surface area (Å²) in [5, 5.41) is 3.20. The second kappa shape index (κ2) is 46.3. The van der Waals surface area contributed by atoms with Gasteiger partial charge in [-0.05, 0) is 77.2 Å². The normalized spacial score (nSPS) is 14.0. The SMILES string of the molecule is CCCCCCCCOC(CCCCC(=O)OCC(COC(=O)CCCCC(OCCCCCCCC)OCCCCCCCC)COC(=O)C1CCNC1)OCCCCCCCC. The van der Waals surface area contributed by atoms with Gasteiger partial charge in [-0.2, -0.15) is 0 Å². The van der Waals surface area contributed by atoms with Gasteiger partial charge in [-0.25, -0.2) is 0 Å². The molecule has 0 amide bonds. The number of carbonyl (C=O) groups excluding carboxylic acids is 3. The van der Waals surface area contributed by atoms with Crippen molar-refractivity contribution >= 4 is 17.9 Å². The van der Waals surface area contributed by atoms with Crippen LogP contribution in [0.5, 0.6) is 0 Å². The number of nitrogens with one attached hydrogen (secondary N) is 1. The zero-order chi connectivity index (χ0) is 46.4. The van der Waals surface area contributed by atoms with Gasteiger partial charge >= 0.3 is 17.9 Å². The molecule has 0 bridgehead atoms. The highest BCUT2D eigenvalue weighted by Crippen LogP contribution is 2.17. The number of hydrogen-bond donors (Lipinski definition) is 1. The fourth-order valence-corrected chi connectivity index (χ4v) is 7.86. The van der Waals surface area contributed by atoms with Gasteiger partial charge in [0.05, 0.1) is 11.8 Å². The van der Waals surface area contributed by atoms with E-state index in [4.69, 9.17) is 33.2 Å². The van der Waals surface area contributed by atoms with E-state index < -0.39 is 5.92 Å². The Hall–Kier alpha value is -1.79. The molecule has 0 aromatic heterocycles. The molecule has 11 heteroatoms. The minimum atomic E-state index is -0.448. The molecule has 64 heavy (non-hydrogen) atoms. The lowest BCUT2D eigenvalue weighted by Crippen LogP contribution is -2.28. The summed E-state index contributed by atoms with van der Waals surface area (Å²) in [6, 6.07) is 0. The smallest absolute Gasteiger partial charge is 0.310 e. The summed E-state index contributed by atoms with van der Waals surface area (Å²) in [6.45, 7) is 13.2. The molecule has 1 saturated heterocycles. The van der Waals surface area contributed by atoms with Gasteiger partial charge in [0, 0.05) is 45.8 Å². The van der Waals surface area contributed by atoms with Gasteiger partial charge in [0.1, 0.15) is 19.8 Å². The van der Waals surface area contributed by atoms with E-state index >= 15 is 0 Å². The Morgan fingerprint density at radius 1 is 0.438 bits per heavy atom. The van der Waals surface area contributed by atoms with Crippen LogP contribution in [-0.2, 0) is 47.5 Å². The van der Waals surface area contributed by atoms with E-state index in [1.807, 2.05) is 0 Å². The Morgan fingerprint density at radius 3 is 1.12 bits per heavy atom. The first kappa shape index (κ1) is 60.2. The van der Waals surface area contributed by atoms with Crippen LogP contribution in [0.25, 0.3) is 0 Å². The van der Waals surface area contributed by atoms with Crippen LogP contribution in [0.3, 0.4) is 0 Å². The Labute approximate surface area is 393 Å². The molecule has 0 aliphatic carbocycles. The fourth-order valence-electron chi connectivity index (χ4n) is 7.86. The topological polar surface area (TPSA) is 128 Å². The van der Waals surface area contributed by atoms with Gasteiger partial charge in [0.25, 0.3) is 0 Å². The summed E-state index contributed by atoms with van der Waals surface area (Å²) >= 11 is 0. The minimum absolute atomic E-state index is 0.0151. The highest BCUT2D eigenvalue weighted by molar-refractivity contribution is 5.73. The number of unbranched alkanes of at least 4 members (excludes halogenated alkanes) is 22. The highest BCUT2D eigenvalue weighted by atomic mass is 16.7. The molecule has 11 nitrogen and oxygen atoms in total. The summed E-state index contributed by atoms with van der Waals surface area (Å²) in [4.78, 5) is 38.5. The van der Waals surface area contributed by atoms with E-state index in [1.54, 1.807) is 0 Å². The summed E-state index contributed by atoms with van der Waals surface area (Å²) in [5.74, 6) is -1.53. The Bertz CT molecular complexity index is 941. The van der Waals surface area contributed by atoms with Crippen LogP contribution < -0.4 is 5.32 Å². The van der Waals surface area contributed by atoms with E-state index in [-0.39, 0.29) is 69.1 Å². The molecule has 0 saturated carbocycles. The molecule has 1 fully saturated rings. The first-order chi connectivity index (χ1) is 31.4. The molecular formula is C53H101NO10. The maximum atomic E-state index is 12.9. The van der Waals surface area contributed by atoms with Crippen molar-refractivity contribution in [2.75, 3.05) is 59.3 Å². The van der Waals surface area contributed by atoms with Crippen LogP contribution in [0.15, 0.2) is 0 Å². The molecule has 1 heterocycles. The first-order valence-corrected chi connectivity index (χ1v) is 27.1. The van der Waals surface area contributed by atoms with Gasteiger partial charge in [0.15, 0.2) is 12.6 Å². The van der Waals surface area contributed by atoms with Crippen molar-refractivity contribution in [2.24, 2.45) is 11.8 Å². The molecule has 1 atom stereocenters. The van der Waals surface area contributed by atoms with Gasteiger partial charge in [-0.3, -0.25) is 14.4 Å². The maximum absolute atomic E-state index is 12.9. The second-order valence-corrected chi connectivity index (χ2v) is 18.5. The predicted molar refractivity (Wildman–Crippen MR) is 259 cm³/mol. The lowest BCUT2D eigenvalue weighted by molar-refractivity contribution is -0.156. The Kier molecular flexibility index (Phi) is 43.6. The first-order valence-electron chi connectivity index (χ1n) is 27.1. The average molecular weight is 912 g/mol. The molecule has 1 aliphatic heterocycles. The molecular weight excluding hydrogens is 811 g/mol. The van der Waals surface area contributed by atoms with Crippen molar-refractivity contribution in [2.45, 2.75) is 252 Å². The van der Waals surface area contributed by atoms with Gasteiger partial charge in [-0.15, -0.1) is 0 Å². The van der Waals surface area contributed by atoms with Crippen molar-refractivity contribution in [1.29, 1.82) is 0 Å². The summed E-state index contributed by atoms with van der Waals surface area (Å²) in [7, 11) is 0. The van der Waals surface area contributed by atoms with Crippen molar-refractivity contribution in [3.05, 3.63) is 0 Å². The second-order valence-electron chi connectivity index (χ2n) is 18.5. The quantitative estimate of drug-likeness (QED) is 0.0271. The number of carbonyl (C=O) groups is 3. The van der Waals surface area contributed by atoms with E-state index in [2.05, 4.69) is 33.0 Å². The van der Waals surface area contributed by atoms with Crippen LogP contribution in [-0.4, -0.2) is 89.8 Å². The van der Waals surface area contributed by atoms with Crippen molar-refractivity contribution in [3.8, 4) is 0 Å². The number of ether oxygens (including phenoxy) is 7. The van der Waals surface area contributed by atoms with Crippen LogP contribution in [0, 0.1) is 11.8 Å². The molecule has 378 valence electrons. The van der Waals surface area contributed by atoms with Crippen molar-refractivity contribution in [3.63, 3.8) is 0 Å². The van der Waals surface area contributed by atoms with E-state index in [1.165, 1.54) is 128 Å². The summed E-state index contributed by atoms with van der Waals surface area (Å²) in [5.41, 5.74) is 0. The lowest BCUT2D eigenvalue weighted by Gasteiger charge is -2.20. The maximum Gasteiger partial charge on any atom is 0.310 e. The van der Waals surface area contributed by atoms with Crippen molar-refractivity contribution < 1.29 is 47.5 Å². The Balaban J connectivity index is 2.55. The molecule has 1 rings (SSSR count). The number of esters is 3. The van der Waals surface area contributed by atoms with E-state index in [0.717, 1.165) is 64.3 Å². The van der Waals surface area contributed by atoms with Crippen LogP contribution in [0.4, 0.5) is 0 Å². The van der Waals surface area contributed by atoms with Gasteiger partial charge < -0.3 is 38.5 Å². The summed E-state index contributed by atoms with van der Waals surface area (Å²) < 4.78 is 41.7. The molecule has 1 unspecified atom stereocenters. The molecule has 1 N–H and O–H groups in total. The zero-order valence-corrected chi connectivity index (χ0v) is 42.1. The Morgan fingerprint density at radius 2 is 0.781 bits per heavy atom. The van der Waals surface area contributed by atoms with Crippen LogP contribution in [0.2, 0.25) is 0 Å². The third kappa shape index (κ3) is 38.3. The van der Waals surface area contributed by atoms with Gasteiger partial charge in [0.2, 0.25) is 0 Å². The average Bonchev–Trinajstić information content (AvgIpc) is 3.85. The number of rotatable bonds is 49. The molecule has 1 aliphatic rings. The van der Waals surface area contributed by atoms with Crippen LogP contribution in [0.1, 0.15) is 240 Å². The molecule has 0 radical (unpaired) electrons. The highest BCUT2D eigenvalue weighted by Gasteiger charge is 2.26. The third-order valence-electron chi connectivity index (χ3n) is 12.2. The van der Waals surface area contributed by atoms with Crippen molar-refractivity contribution in [1.82, 2.24) is 5.32 Å². The molecule has 0 spiro atoms. The monoisotopic (exact) mass is 912 g/mol. The lowest BCUT2D eigenvalue weighted by atomic mass is 10.1. The standard InChI is InChI=1S/C53H101NO10/c1-5-9-13-17-21-29-39-58-51(59-40-30-22-18-14-10-6-2)35-27-25-33-49(55)62-44-47(46-64-53(57)48-37-38-54-43-48)45-63-50(56)34-26-28-36-52(60-41-31-23-19-15-11-7-3)61-42-32-24-20-16-12-8-4/h47-48,51-52,54H,5-46H2,1-4H3. The summed E-state index contributed by atoms with van der Waals surface area (Å²) in [6.07, 6.45) is 34.3. The van der Waals surface area contributed by atoms with Crippen LogP contribution >= 0.6 is 0 Å². The number of hydrogen-bond acceptors (Lipinski definition) is 11. The third-order valence-corrected chi connectivity index (χ3v) is 12.2.